The summed E-state index contributed by atoms with van der Waals surface area (Å²) in [5.74, 6) is 0.948. The Morgan fingerprint density at radius 2 is 2.15 bits per heavy atom. The maximum Gasteiger partial charge on any atom is 0.124 e. The molecule has 4 nitrogen and oxygen atoms in total. The number of hydrogen-bond donors (Lipinski definition) is 2. The fraction of sp³-hybridized carbons (Fsp3) is 0.200. The second-order valence-corrected chi connectivity index (χ2v) is 5.11. The van der Waals surface area contributed by atoms with Crippen molar-refractivity contribution in [2.45, 2.75) is 12.5 Å². The fourth-order valence-corrected chi connectivity index (χ4v) is 2.44. The van der Waals surface area contributed by atoms with E-state index in [1.807, 2.05) is 30.3 Å². The lowest BCUT2D eigenvalue weighted by molar-refractivity contribution is 0.274. The molecule has 1 aliphatic heterocycles. The highest BCUT2D eigenvalue weighted by molar-refractivity contribution is 7.80. The molecule has 0 saturated heterocycles. The first-order valence-electron chi connectivity index (χ1n) is 6.48. The fourth-order valence-electron chi connectivity index (χ4n) is 2.32. The zero-order valence-corrected chi connectivity index (χ0v) is 11.7. The van der Waals surface area contributed by atoms with Crippen molar-refractivity contribution in [2.75, 3.05) is 11.9 Å². The third-order valence-electron chi connectivity index (χ3n) is 3.32. The van der Waals surface area contributed by atoms with Crippen LogP contribution < -0.4 is 15.8 Å². The van der Waals surface area contributed by atoms with E-state index in [4.69, 9.17) is 22.7 Å². The number of benzene rings is 1. The summed E-state index contributed by atoms with van der Waals surface area (Å²) < 4.78 is 5.65. The SMILES string of the molecule is NC(=S)c1ccc(NC2CCOc3ccccc32)cn1. The molecule has 20 heavy (non-hydrogen) atoms. The Morgan fingerprint density at radius 3 is 2.90 bits per heavy atom. The molecule has 1 unspecified atom stereocenters. The summed E-state index contributed by atoms with van der Waals surface area (Å²) in [5, 5.41) is 3.48. The minimum Gasteiger partial charge on any atom is -0.493 e. The second-order valence-electron chi connectivity index (χ2n) is 4.67. The Kier molecular flexibility index (Phi) is 3.52. The van der Waals surface area contributed by atoms with Gasteiger partial charge in [-0.2, -0.15) is 0 Å². The van der Waals surface area contributed by atoms with Crippen LogP contribution >= 0.6 is 12.2 Å². The first-order valence-corrected chi connectivity index (χ1v) is 6.89. The lowest BCUT2D eigenvalue weighted by Gasteiger charge is -2.27. The van der Waals surface area contributed by atoms with Gasteiger partial charge in [0.05, 0.1) is 30.2 Å². The van der Waals surface area contributed by atoms with Gasteiger partial charge in [-0.05, 0) is 18.2 Å². The van der Waals surface area contributed by atoms with Crippen LogP contribution in [0.15, 0.2) is 42.6 Å². The molecule has 2 heterocycles. The number of ether oxygens (including phenoxy) is 1. The van der Waals surface area contributed by atoms with Crippen LogP contribution in [0.4, 0.5) is 5.69 Å². The Balaban J connectivity index is 1.80. The molecular weight excluding hydrogens is 270 g/mol. The van der Waals surface area contributed by atoms with Crippen LogP contribution in [0, 0.1) is 0 Å². The first-order chi connectivity index (χ1) is 9.74. The Morgan fingerprint density at radius 1 is 1.30 bits per heavy atom. The molecule has 0 saturated carbocycles. The highest BCUT2D eigenvalue weighted by Gasteiger charge is 2.20. The molecule has 2 aromatic rings. The maximum atomic E-state index is 5.65. The number of rotatable bonds is 3. The van der Waals surface area contributed by atoms with Crippen LogP contribution in [-0.2, 0) is 0 Å². The van der Waals surface area contributed by atoms with E-state index in [1.165, 1.54) is 5.56 Å². The molecule has 0 fully saturated rings. The quantitative estimate of drug-likeness (QED) is 0.849. The molecule has 0 amide bonds. The lowest BCUT2D eigenvalue weighted by atomic mass is 10.0. The van der Waals surface area contributed by atoms with Crippen molar-refractivity contribution in [3.8, 4) is 5.75 Å². The lowest BCUT2D eigenvalue weighted by Crippen LogP contribution is -2.20. The number of fused-ring (bicyclic) bond motifs is 1. The average Bonchev–Trinajstić information content (AvgIpc) is 2.48. The van der Waals surface area contributed by atoms with Crippen LogP contribution in [0.5, 0.6) is 5.75 Å². The van der Waals surface area contributed by atoms with Gasteiger partial charge in [-0.25, -0.2) is 0 Å². The third-order valence-corrected chi connectivity index (χ3v) is 3.52. The van der Waals surface area contributed by atoms with Crippen LogP contribution in [0.3, 0.4) is 0 Å². The minimum absolute atomic E-state index is 0.234. The molecule has 1 atom stereocenters. The van der Waals surface area contributed by atoms with Crippen LogP contribution in [0.1, 0.15) is 23.7 Å². The van der Waals surface area contributed by atoms with Crippen LogP contribution in [-0.4, -0.2) is 16.6 Å². The van der Waals surface area contributed by atoms with Gasteiger partial charge in [0.25, 0.3) is 0 Å². The summed E-state index contributed by atoms with van der Waals surface area (Å²) in [7, 11) is 0. The minimum atomic E-state index is 0.234. The van der Waals surface area contributed by atoms with Gasteiger partial charge in [0.2, 0.25) is 0 Å². The van der Waals surface area contributed by atoms with Crippen molar-refractivity contribution >= 4 is 22.9 Å². The van der Waals surface area contributed by atoms with Gasteiger partial charge in [-0.3, -0.25) is 4.98 Å². The summed E-state index contributed by atoms with van der Waals surface area (Å²) in [6, 6.07) is 12.1. The van der Waals surface area contributed by atoms with Crippen molar-refractivity contribution in [3.63, 3.8) is 0 Å². The number of para-hydroxylation sites is 1. The summed E-state index contributed by atoms with van der Waals surface area (Å²) in [6.45, 7) is 0.715. The number of hydrogen-bond acceptors (Lipinski definition) is 4. The van der Waals surface area contributed by atoms with E-state index in [0.29, 0.717) is 17.3 Å². The molecule has 1 aromatic carbocycles. The Bertz CT molecular complexity index is 627. The zero-order valence-electron chi connectivity index (χ0n) is 10.9. The number of nitrogens with one attached hydrogen (secondary N) is 1. The molecule has 0 aliphatic carbocycles. The normalized spacial score (nSPS) is 16.9. The zero-order chi connectivity index (χ0) is 13.9. The van der Waals surface area contributed by atoms with E-state index < -0.39 is 0 Å². The van der Waals surface area contributed by atoms with Crippen molar-refractivity contribution in [2.24, 2.45) is 5.73 Å². The molecule has 3 rings (SSSR count). The smallest absolute Gasteiger partial charge is 0.124 e. The average molecular weight is 285 g/mol. The highest BCUT2D eigenvalue weighted by Crippen LogP contribution is 2.33. The molecule has 1 aromatic heterocycles. The molecule has 3 N–H and O–H groups in total. The number of nitrogens with two attached hydrogens (primary N) is 1. The van der Waals surface area contributed by atoms with Gasteiger partial charge in [0.15, 0.2) is 0 Å². The molecule has 0 bridgehead atoms. The van der Waals surface area contributed by atoms with Crippen molar-refractivity contribution in [1.82, 2.24) is 4.98 Å². The van der Waals surface area contributed by atoms with E-state index >= 15 is 0 Å². The van der Waals surface area contributed by atoms with Crippen molar-refractivity contribution < 1.29 is 4.74 Å². The van der Waals surface area contributed by atoms with Crippen molar-refractivity contribution in [1.29, 1.82) is 0 Å². The predicted molar refractivity (Wildman–Crippen MR) is 83.0 cm³/mol. The van der Waals surface area contributed by atoms with Crippen LogP contribution in [0.25, 0.3) is 0 Å². The standard InChI is InChI=1S/C15H15N3OS/c16-15(20)13-6-5-10(9-17-13)18-12-7-8-19-14-4-2-1-3-11(12)14/h1-6,9,12,18H,7-8H2,(H2,16,20). The van der Waals surface area contributed by atoms with E-state index in [9.17, 15) is 0 Å². The summed E-state index contributed by atoms with van der Waals surface area (Å²) >= 11 is 4.90. The first kappa shape index (κ1) is 12.9. The molecule has 0 spiro atoms. The van der Waals surface area contributed by atoms with E-state index in [2.05, 4.69) is 16.4 Å². The molecule has 0 radical (unpaired) electrons. The number of aromatic nitrogens is 1. The highest BCUT2D eigenvalue weighted by atomic mass is 32.1. The monoisotopic (exact) mass is 285 g/mol. The van der Waals surface area contributed by atoms with Gasteiger partial charge in [-0.15, -0.1) is 0 Å². The van der Waals surface area contributed by atoms with E-state index in [-0.39, 0.29) is 6.04 Å². The number of anilines is 1. The van der Waals surface area contributed by atoms with Gasteiger partial charge in [0, 0.05) is 12.0 Å². The summed E-state index contributed by atoms with van der Waals surface area (Å²) in [5.41, 5.74) is 8.31. The van der Waals surface area contributed by atoms with Gasteiger partial charge in [0.1, 0.15) is 10.7 Å². The molecule has 102 valence electrons. The number of thiocarbonyl (C=S) groups is 1. The largest absolute Gasteiger partial charge is 0.493 e. The van der Waals surface area contributed by atoms with Crippen LogP contribution in [0.2, 0.25) is 0 Å². The van der Waals surface area contributed by atoms with Gasteiger partial charge >= 0.3 is 0 Å². The molecule has 1 aliphatic rings. The topological polar surface area (TPSA) is 60.2 Å². The maximum absolute atomic E-state index is 5.65. The Hall–Kier alpha value is -2.14. The van der Waals surface area contributed by atoms with E-state index in [0.717, 1.165) is 17.9 Å². The van der Waals surface area contributed by atoms with Gasteiger partial charge < -0.3 is 15.8 Å². The van der Waals surface area contributed by atoms with E-state index in [1.54, 1.807) is 6.20 Å². The van der Waals surface area contributed by atoms with Gasteiger partial charge in [-0.1, -0.05) is 30.4 Å². The summed E-state index contributed by atoms with van der Waals surface area (Å²) in [6.07, 6.45) is 2.68. The second kappa shape index (κ2) is 5.46. The van der Waals surface area contributed by atoms with Crippen molar-refractivity contribution in [3.05, 3.63) is 53.9 Å². The number of pyridine rings is 1. The molecular formula is C15H15N3OS. The molecule has 5 heteroatoms. The summed E-state index contributed by atoms with van der Waals surface area (Å²) in [4.78, 5) is 4.55. The predicted octanol–water partition coefficient (Wildman–Crippen LogP) is 2.65. The Labute approximate surface area is 123 Å². The third kappa shape index (κ3) is 2.58. The number of nitrogens with zero attached hydrogens (tertiary/aromatic N) is 1.